The van der Waals surface area contributed by atoms with Crippen LogP contribution >= 0.6 is 0 Å². The van der Waals surface area contributed by atoms with E-state index >= 15 is 0 Å². The Morgan fingerprint density at radius 1 is 1.18 bits per heavy atom. The lowest BCUT2D eigenvalue weighted by Gasteiger charge is -2.39. The predicted molar refractivity (Wildman–Crippen MR) is 94.4 cm³/mol. The molecule has 0 amide bonds. The molecule has 1 rings (SSSR count). The number of carbonyl (C=O) groups is 1. The summed E-state index contributed by atoms with van der Waals surface area (Å²) in [6.45, 7) is 12.7. The fourth-order valence-corrected chi connectivity index (χ4v) is 4.64. The summed E-state index contributed by atoms with van der Waals surface area (Å²) in [6, 6.07) is 0.977. The van der Waals surface area contributed by atoms with Crippen LogP contribution in [0.2, 0.25) is 25.7 Å². The molecule has 0 saturated heterocycles. The lowest BCUT2D eigenvalue weighted by Crippen LogP contribution is -2.35. The van der Waals surface area contributed by atoms with Crippen LogP contribution in [-0.4, -0.2) is 25.8 Å². The number of esters is 1. The molecule has 0 aliphatic heterocycles. The van der Waals surface area contributed by atoms with Crippen LogP contribution in [0, 0.1) is 10.8 Å². The van der Waals surface area contributed by atoms with E-state index in [0.717, 1.165) is 37.3 Å². The Morgan fingerprint density at radius 2 is 1.73 bits per heavy atom. The highest BCUT2D eigenvalue weighted by molar-refractivity contribution is 6.76. The van der Waals surface area contributed by atoms with Crippen molar-refractivity contribution in [1.29, 1.82) is 0 Å². The molecule has 22 heavy (non-hydrogen) atoms. The minimum atomic E-state index is -1.36. The minimum Gasteiger partial charge on any atom is -0.434 e. The van der Waals surface area contributed by atoms with Gasteiger partial charge >= 0.3 is 5.97 Å². The Hall–Kier alpha value is -0.613. The average Bonchev–Trinajstić information content (AvgIpc) is 2.41. The van der Waals surface area contributed by atoms with E-state index in [9.17, 15) is 9.90 Å². The molecule has 4 heteroatoms. The zero-order chi connectivity index (χ0) is 17.0. The number of carbonyl (C=O) groups excluding carboxylic acids is 1. The maximum absolute atomic E-state index is 12.1. The van der Waals surface area contributed by atoms with Crippen LogP contribution in [0.3, 0.4) is 0 Å². The smallest absolute Gasteiger partial charge is 0.316 e. The third-order valence-corrected chi connectivity index (χ3v) is 5.88. The first-order valence-corrected chi connectivity index (χ1v) is 12.2. The van der Waals surface area contributed by atoms with Crippen LogP contribution in [0.5, 0.6) is 0 Å². The molecule has 0 aromatic heterocycles. The van der Waals surface area contributed by atoms with Crippen molar-refractivity contribution in [2.45, 2.75) is 78.6 Å². The molecule has 1 saturated carbocycles. The first-order valence-electron chi connectivity index (χ1n) is 8.52. The van der Waals surface area contributed by atoms with Crippen molar-refractivity contribution in [2.24, 2.45) is 10.8 Å². The summed E-state index contributed by atoms with van der Waals surface area (Å²) in [4.78, 5) is 12.1. The number of ether oxygens (including phenoxy) is 1. The zero-order valence-electron chi connectivity index (χ0n) is 15.3. The predicted octanol–water partition coefficient (Wildman–Crippen LogP) is 4.74. The molecule has 0 bridgehead atoms. The second-order valence-corrected chi connectivity index (χ2v) is 14.5. The van der Waals surface area contributed by atoms with Gasteiger partial charge in [-0.3, -0.25) is 4.79 Å². The highest BCUT2D eigenvalue weighted by Crippen LogP contribution is 2.45. The molecule has 0 spiro atoms. The molecular formula is C18H34O3Si. The molecule has 128 valence electrons. The Labute approximate surface area is 137 Å². The van der Waals surface area contributed by atoms with Gasteiger partial charge in [-0.1, -0.05) is 38.9 Å². The second kappa shape index (κ2) is 7.31. The Bertz CT molecular complexity index is 407. The standard InChI is InChI=1S/C18H34O3Si/c1-17(2,3)16(20)21-12-15(13-22(4,5)6)18(14-19)10-8-7-9-11-18/h12,19H,7-11,13-14H2,1-6H3/b15-12+. The molecule has 1 N–H and O–H groups in total. The topological polar surface area (TPSA) is 46.5 Å². The average molecular weight is 327 g/mol. The van der Waals surface area contributed by atoms with Crippen molar-refractivity contribution in [3.8, 4) is 0 Å². The van der Waals surface area contributed by atoms with Gasteiger partial charge in [0.15, 0.2) is 0 Å². The molecule has 1 fully saturated rings. The van der Waals surface area contributed by atoms with E-state index in [2.05, 4.69) is 19.6 Å². The van der Waals surface area contributed by atoms with Gasteiger partial charge in [0, 0.05) is 13.5 Å². The summed E-state index contributed by atoms with van der Waals surface area (Å²) >= 11 is 0. The van der Waals surface area contributed by atoms with Gasteiger partial charge in [0.05, 0.1) is 18.3 Å². The van der Waals surface area contributed by atoms with Crippen molar-refractivity contribution in [2.75, 3.05) is 6.61 Å². The first-order chi connectivity index (χ1) is 10.0. The molecule has 1 aliphatic rings. The fraction of sp³-hybridized carbons (Fsp3) is 0.833. The van der Waals surface area contributed by atoms with Gasteiger partial charge in [0.1, 0.15) is 0 Å². The molecule has 0 radical (unpaired) electrons. The van der Waals surface area contributed by atoms with Gasteiger partial charge in [-0.15, -0.1) is 0 Å². The first kappa shape index (κ1) is 19.4. The molecular weight excluding hydrogens is 292 g/mol. The van der Waals surface area contributed by atoms with Gasteiger partial charge in [-0.2, -0.15) is 0 Å². The molecule has 3 nitrogen and oxygen atoms in total. The second-order valence-electron chi connectivity index (χ2n) is 9.03. The van der Waals surface area contributed by atoms with E-state index in [-0.39, 0.29) is 18.0 Å². The van der Waals surface area contributed by atoms with Crippen LogP contribution in [-0.2, 0) is 9.53 Å². The molecule has 1 aliphatic carbocycles. The molecule has 0 atom stereocenters. The van der Waals surface area contributed by atoms with Crippen molar-refractivity contribution in [3.63, 3.8) is 0 Å². The van der Waals surface area contributed by atoms with Crippen LogP contribution in [0.1, 0.15) is 52.9 Å². The summed E-state index contributed by atoms with van der Waals surface area (Å²) in [5.74, 6) is -0.204. The van der Waals surface area contributed by atoms with Gasteiger partial charge in [0.25, 0.3) is 0 Å². The van der Waals surface area contributed by atoms with Crippen LogP contribution < -0.4 is 0 Å². The third kappa shape index (κ3) is 5.54. The van der Waals surface area contributed by atoms with Crippen LogP contribution in [0.25, 0.3) is 0 Å². The van der Waals surface area contributed by atoms with Crippen molar-refractivity contribution >= 4 is 14.0 Å². The quantitative estimate of drug-likeness (QED) is 0.451. The van der Waals surface area contributed by atoms with E-state index in [0.29, 0.717) is 0 Å². The summed E-state index contributed by atoms with van der Waals surface area (Å²) in [7, 11) is -1.36. The number of aliphatic hydroxyl groups excluding tert-OH is 1. The fourth-order valence-electron chi connectivity index (χ4n) is 3.04. The van der Waals surface area contributed by atoms with E-state index in [4.69, 9.17) is 4.74 Å². The molecule has 0 heterocycles. The number of rotatable bonds is 5. The van der Waals surface area contributed by atoms with Crippen molar-refractivity contribution in [1.82, 2.24) is 0 Å². The Kier molecular flexibility index (Phi) is 6.45. The van der Waals surface area contributed by atoms with Gasteiger partial charge < -0.3 is 9.84 Å². The van der Waals surface area contributed by atoms with E-state index < -0.39 is 13.5 Å². The van der Waals surface area contributed by atoms with Gasteiger partial charge in [-0.25, -0.2) is 0 Å². The molecule has 0 unspecified atom stereocenters. The minimum absolute atomic E-state index is 0.163. The third-order valence-electron chi connectivity index (χ3n) is 4.44. The van der Waals surface area contributed by atoms with Gasteiger partial charge in [-0.05, 0) is 45.2 Å². The molecule has 0 aromatic carbocycles. The largest absolute Gasteiger partial charge is 0.434 e. The van der Waals surface area contributed by atoms with Crippen LogP contribution in [0.4, 0.5) is 0 Å². The van der Waals surface area contributed by atoms with E-state index in [1.807, 2.05) is 20.8 Å². The highest BCUT2D eigenvalue weighted by Gasteiger charge is 2.37. The SMILES string of the molecule is CC(C)(C)C(=O)O/C=C(\C[Si](C)(C)C)C1(CO)CCCCC1. The number of hydrogen-bond acceptors (Lipinski definition) is 3. The summed E-state index contributed by atoms with van der Waals surface area (Å²) in [5.41, 5.74) is 0.489. The number of aliphatic hydroxyl groups is 1. The Morgan fingerprint density at radius 3 is 2.14 bits per heavy atom. The normalized spacial score (nSPS) is 19.9. The van der Waals surface area contributed by atoms with Crippen molar-refractivity contribution < 1.29 is 14.6 Å². The highest BCUT2D eigenvalue weighted by atomic mass is 28.3. The maximum Gasteiger partial charge on any atom is 0.316 e. The van der Waals surface area contributed by atoms with E-state index in [1.54, 1.807) is 6.26 Å². The number of hydrogen-bond donors (Lipinski definition) is 1. The van der Waals surface area contributed by atoms with Crippen molar-refractivity contribution in [3.05, 3.63) is 11.8 Å². The summed E-state index contributed by atoms with van der Waals surface area (Å²) in [5, 5.41) is 10.1. The zero-order valence-corrected chi connectivity index (χ0v) is 16.3. The molecule has 0 aromatic rings. The summed E-state index contributed by atoms with van der Waals surface area (Å²) in [6.07, 6.45) is 7.24. The van der Waals surface area contributed by atoms with E-state index in [1.165, 1.54) is 6.42 Å². The summed E-state index contributed by atoms with van der Waals surface area (Å²) < 4.78 is 5.50. The van der Waals surface area contributed by atoms with Crippen LogP contribution in [0.15, 0.2) is 11.8 Å². The monoisotopic (exact) mass is 326 g/mol. The maximum atomic E-state index is 12.1. The van der Waals surface area contributed by atoms with Gasteiger partial charge in [0.2, 0.25) is 0 Å². The lowest BCUT2D eigenvalue weighted by atomic mass is 9.70. The lowest BCUT2D eigenvalue weighted by molar-refractivity contribution is -0.147. The Balaban J connectivity index is 3.04.